The molecule has 2 saturated heterocycles. The number of para-hydroxylation sites is 1. The number of carbonyl (C=O) groups excluding carboxylic acids is 2. The molecule has 0 aromatic heterocycles. The Balaban J connectivity index is 0.00000210. The molecule has 7 heteroatoms. The van der Waals surface area contributed by atoms with Crippen LogP contribution in [0.2, 0.25) is 5.02 Å². The fourth-order valence-corrected chi connectivity index (χ4v) is 3.89. The molecular weight excluding hydrogens is 385 g/mol. The molecule has 5 nitrogen and oxygen atoms in total. The molecule has 2 aliphatic heterocycles. The lowest BCUT2D eigenvalue weighted by atomic mass is 10.0. The zero-order chi connectivity index (χ0) is 18.1. The molecule has 2 atom stereocenters. The average molecular weight is 406 g/mol. The summed E-state index contributed by atoms with van der Waals surface area (Å²) in [5, 5.41) is 6.81. The molecule has 0 spiro atoms. The Bertz CT molecular complexity index is 829. The van der Waals surface area contributed by atoms with Gasteiger partial charge in [-0.15, -0.1) is 12.4 Å². The SMILES string of the molecule is Cl.O=C(Nc1ccccc1C(=O)N1C[C@H]2CNC[C@H]2C1)c1ccc(Cl)cc1. The number of nitrogens with zero attached hydrogens (tertiary/aromatic N) is 1. The first-order chi connectivity index (χ1) is 12.6. The zero-order valence-corrected chi connectivity index (χ0v) is 16.2. The van der Waals surface area contributed by atoms with Crippen LogP contribution in [0.4, 0.5) is 5.69 Å². The van der Waals surface area contributed by atoms with Gasteiger partial charge < -0.3 is 15.5 Å². The minimum atomic E-state index is -0.260. The van der Waals surface area contributed by atoms with Crippen molar-refractivity contribution in [3.63, 3.8) is 0 Å². The van der Waals surface area contributed by atoms with E-state index in [4.69, 9.17) is 11.6 Å². The molecule has 0 unspecified atom stereocenters. The first-order valence-electron chi connectivity index (χ1n) is 8.78. The Morgan fingerprint density at radius 1 is 1.00 bits per heavy atom. The summed E-state index contributed by atoms with van der Waals surface area (Å²) >= 11 is 5.87. The van der Waals surface area contributed by atoms with Gasteiger partial charge in [-0.25, -0.2) is 0 Å². The summed E-state index contributed by atoms with van der Waals surface area (Å²) in [4.78, 5) is 27.4. The second-order valence-electron chi connectivity index (χ2n) is 6.90. The largest absolute Gasteiger partial charge is 0.338 e. The Labute approximate surface area is 169 Å². The van der Waals surface area contributed by atoms with Gasteiger partial charge in [0.15, 0.2) is 0 Å². The summed E-state index contributed by atoms with van der Waals surface area (Å²) in [6, 6.07) is 13.8. The third kappa shape index (κ3) is 4.10. The van der Waals surface area contributed by atoms with E-state index in [0.717, 1.165) is 26.2 Å². The summed E-state index contributed by atoms with van der Waals surface area (Å²) < 4.78 is 0. The smallest absolute Gasteiger partial charge is 0.255 e. The summed E-state index contributed by atoms with van der Waals surface area (Å²) in [5.41, 5.74) is 1.56. The molecule has 0 aliphatic carbocycles. The van der Waals surface area contributed by atoms with Crippen LogP contribution in [-0.4, -0.2) is 42.9 Å². The predicted octanol–water partition coefficient (Wildman–Crippen LogP) is 3.31. The molecule has 27 heavy (non-hydrogen) atoms. The molecule has 0 bridgehead atoms. The van der Waals surface area contributed by atoms with Gasteiger partial charge in [0.1, 0.15) is 0 Å². The number of hydrogen-bond acceptors (Lipinski definition) is 3. The van der Waals surface area contributed by atoms with Gasteiger partial charge >= 0.3 is 0 Å². The van der Waals surface area contributed by atoms with Crippen molar-refractivity contribution in [1.29, 1.82) is 0 Å². The standard InChI is InChI=1S/C20H20ClN3O2.ClH/c21-16-7-5-13(6-8-16)19(25)23-18-4-2-1-3-17(18)20(26)24-11-14-9-22-10-15(14)12-24;/h1-8,14-15,22H,9-12H2,(H,23,25);1H/t14-,15+;. The van der Waals surface area contributed by atoms with E-state index in [2.05, 4.69) is 10.6 Å². The van der Waals surface area contributed by atoms with E-state index in [0.29, 0.717) is 33.7 Å². The predicted molar refractivity (Wildman–Crippen MR) is 109 cm³/mol. The highest BCUT2D eigenvalue weighted by atomic mass is 35.5. The van der Waals surface area contributed by atoms with Gasteiger partial charge in [0.25, 0.3) is 11.8 Å². The molecule has 2 fully saturated rings. The van der Waals surface area contributed by atoms with Crippen molar-refractivity contribution >= 4 is 41.5 Å². The third-order valence-electron chi connectivity index (χ3n) is 5.19. The van der Waals surface area contributed by atoms with Gasteiger partial charge in [0, 0.05) is 36.8 Å². The number of nitrogens with one attached hydrogen (secondary N) is 2. The lowest BCUT2D eigenvalue weighted by molar-refractivity contribution is 0.0782. The highest BCUT2D eigenvalue weighted by Gasteiger charge is 2.38. The number of hydrogen-bond donors (Lipinski definition) is 2. The molecule has 2 N–H and O–H groups in total. The average Bonchev–Trinajstić information content (AvgIpc) is 3.24. The number of amides is 2. The molecule has 2 heterocycles. The van der Waals surface area contributed by atoms with Crippen LogP contribution in [-0.2, 0) is 0 Å². The van der Waals surface area contributed by atoms with Crippen LogP contribution < -0.4 is 10.6 Å². The maximum Gasteiger partial charge on any atom is 0.255 e. The van der Waals surface area contributed by atoms with Crippen LogP contribution in [0.25, 0.3) is 0 Å². The maximum absolute atomic E-state index is 13.0. The summed E-state index contributed by atoms with van der Waals surface area (Å²) in [6.07, 6.45) is 0. The Morgan fingerprint density at radius 3 is 2.30 bits per heavy atom. The molecule has 2 aliphatic rings. The van der Waals surface area contributed by atoms with Crippen molar-refractivity contribution in [2.75, 3.05) is 31.5 Å². The molecule has 2 amide bonds. The van der Waals surface area contributed by atoms with Gasteiger partial charge in [0.05, 0.1) is 11.3 Å². The molecule has 4 rings (SSSR count). The Kier molecular flexibility index (Phi) is 6.05. The maximum atomic E-state index is 13.0. The fraction of sp³-hybridized carbons (Fsp3) is 0.300. The fourth-order valence-electron chi connectivity index (χ4n) is 3.77. The van der Waals surface area contributed by atoms with Crippen molar-refractivity contribution < 1.29 is 9.59 Å². The highest BCUT2D eigenvalue weighted by Crippen LogP contribution is 2.29. The number of likely N-dealkylation sites (tertiary alicyclic amines) is 1. The van der Waals surface area contributed by atoms with E-state index in [-0.39, 0.29) is 24.2 Å². The normalized spacial score (nSPS) is 20.7. The zero-order valence-electron chi connectivity index (χ0n) is 14.7. The first kappa shape index (κ1) is 19.7. The van der Waals surface area contributed by atoms with Crippen LogP contribution >= 0.6 is 24.0 Å². The molecular formula is C20H21Cl2N3O2. The van der Waals surface area contributed by atoms with Gasteiger partial charge in [-0.2, -0.15) is 0 Å². The van der Waals surface area contributed by atoms with E-state index in [1.54, 1.807) is 36.4 Å². The van der Waals surface area contributed by atoms with E-state index in [9.17, 15) is 9.59 Å². The van der Waals surface area contributed by atoms with E-state index in [1.165, 1.54) is 0 Å². The molecule has 2 aromatic carbocycles. The summed E-state index contributed by atoms with van der Waals surface area (Å²) in [6.45, 7) is 3.50. The molecule has 0 saturated carbocycles. The van der Waals surface area contributed by atoms with E-state index in [1.807, 2.05) is 17.0 Å². The molecule has 142 valence electrons. The lowest BCUT2D eigenvalue weighted by Gasteiger charge is -2.19. The van der Waals surface area contributed by atoms with Crippen LogP contribution in [0, 0.1) is 11.8 Å². The number of halogens is 2. The summed E-state index contributed by atoms with van der Waals surface area (Å²) in [7, 11) is 0. The number of fused-ring (bicyclic) bond motifs is 1. The van der Waals surface area contributed by atoms with E-state index < -0.39 is 0 Å². The van der Waals surface area contributed by atoms with Crippen molar-refractivity contribution in [3.05, 3.63) is 64.7 Å². The molecule has 0 radical (unpaired) electrons. The number of rotatable bonds is 3. The van der Waals surface area contributed by atoms with Gasteiger partial charge in [0.2, 0.25) is 0 Å². The van der Waals surface area contributed by atoms with Crippen LogP contribution in [0.15, 0.2) is 48.5 Å². The highest BCUT2D eigenvalue weighted by molar-refractivity contribution is 6.30. The first-order valence-corrected chi connectivity index (χ1v) is 9.15. The van der Waals surface area contributed by atoms with Gasteiger partial charge in [-0.3, -0.25) is 9.59 Å². The van der Waals surface area contributed by atoms with Crippen LogP contribution in [0.3, 0.4) is 0 Å². The van der Waals surface area contributed by atoms with Gasteiger partial charge in [-0.1, -0.05) is 23.7 Å². The van der Waals surface area contributed by atoms with Gasteiger partial charge in [-0.05, 0) is 48.2 Å². The minimum absolute atomic E-state index is 0. The number of anilines is 1. The lowest BCUT2D eigenvalue weighted by Crippen LogP contribution is -2.32. The van der Waals surface area contributed by atoms with Crippen LogP contribution in [0.5, 0.6) is 0 Å². The molecule has 2 aromatic rings. The second-order valence-corrected chi connectivity index (χ2v) is 7.33. The van der Waals surface area contributed by atoms with Crippen molar-refractivity contribution in [3.8, 4) is 0 Å². The topological polar surface area (TPSA) is 61.4 Å². The number of benzene rings is 2. The van der Waals surface area contributed by atoms with Crippen molar-refractivity contribution in [2.24, 2.45) is 11.8 Å². The van der Waals surface area contributed by atoms with Crippen LogP contribution in [0.1, 0.15) is 20.7 Å². The monoisotopic (exact) mass is 405 g/mol. The number of carbonyl (C=O) groups is 2. The Morgan fingerprint density at radius 2 is 1.63 bits per heavy atom. The van der Waals surface area contributed by atoms with Crippen molar-refractivity contribution in [2.45, 2.75) is 0 Å². The Hall–Kier alpha value is -2.08. The van der Waals surface area contributed by atoms with Crippen molar-refractivity contribution in [1.82, 2.24) is 10.2 Å². The summed E-state index contributed by atoms with van der Waals surface area (Å²) in [5.74, 6) is 0.792. The third-order valence-corrected chi connectivity index (χ3v) is 5.44. The second kappa shape index (κ2) is 8.30. The quantitative estimate of drug-likeness (QED) is 0.823. The minimum Gasteiger partial charge on any atom is -0.338 e. The van der Waals surface area contributed by atoms with E-state index >= 15 is 0 Å².